The maximum atomic E-state index is 12.6. The third-order valence-electron chi connectivity index (χ3n) is 5.28. The molecule has 0 saturated carbocycles. The van der Waals surface area contributed by atoms with Crippen LogP contribution in [0.3, 0.4) is 0 Å². The van der Waals surface area contributed by atoms with Crippen LogP contribution in [0.2, 0.25) is 0 Å². The Labute approximate surface area is 190 Å². The second kappa shape index (κ2) is 11.3. The monoisotopic (exact) mass is 435 g/mol. The zero-order valence-corrected chi connectivity index (χ0v) is 19.2. The van der Waals surface area contributed by atoms with Gasteiger partial charge in [-0.05, 0) is 50.5 Å². The molecule has 0 aromatic heterocycles. The van der Waals surface area contributed by atoms with Gasteiger partial charge in [0.05, 0.1) is 13.1 Å². The first kappa shape index (κ1) is 23.3. The molecule has 2 aromatic rings. The Kier molecular flexibility index (Phi) is 8.25. The average molecular weight is 436 g/mol. The number of nitrogens with zero attached hydrogens (tertiary/aromatic N) is 2. The number of amides is 2. The molecule has 1 fully saturated rings. The topological polar surface area (TPSA) is 85.8 Å². The Morgan fingerprint density at radius 2 is 1.78 bits per heavy atom. The van der Waals surface area contributed by atoms with Gasteiger partial charge in [-0.1, -0.05) is 41.5 Å². The largest absolute Gasteiger partial charge is 0.357 e. The first-order valence-corrected chi connectivity index (χ1v) is 11.2. The van der Waals surface area contributed by atoms with Crippen LogP contribution in [0.4, 0.5) is 0 Å². The van der Waals surface area contributed by atoms with Crippen molar-refractivity contribution in [1.29, 1.82) is 0 Å². The zero-order valence-electron chi connectivity index (χ0n) is 19.2. The van der Waals surface area contributed by atoms with E-state index in [1.165, 1.54) is 16.7 Å². The van der Waals surface area contributed by atoms with Gasteiger partial charge in [-0.2, -0.15) is 0 Å². The number of aliphatic imine (C=N–C) groups is 1. The van der Waals surface area contributed by atoms with Crippen molar-refractivity contribution < 1.29 is 9.59 Å². The van der Waals surface area contributed by atoms with Crippen LogP contribution in [0.1, 0.15) is 39.5 Å². The Morgan fingerprint density at radius 3 is 2.44 bits per heavy atom. The Balaban J connectivity index is 1.54. The first-order valence-electron chi connectivity index (χ1n) is 11.2. The minimum absolute atomic E-state index is 0.114. The summed E-state index contributed by atoms with van der Waals surface area (Å²) in [6, 6.07) is 14.1. The third-order valence-corrected chi connectivity index (χ3v) is 5.28. The maximum absolute atomic E-state index is 12.6. The second-order valence-corrected chi connectivity index (χ2v) is 8.14. The van der Waals surface area contributed by atoms with E-state index in [9.17, 15) is 9.59 Å². The van der Waals surface area contributed by atoms with E-state index in [-0.39, 0.29) is 18.4 Å². The number of carbonyl (C=O) groups is 2. The van der Waals surface area contributed by atoms with Gasteiger partial charge in [0.25, 0.3) is 5.91 Å². The Bertz CT molecular complexity index is 949. The van der Waals surface area contributed by atoms with Crippen molar-refractivity contribution in [3.05, 3.63) is 70.3 Å². The molecule has 1 aliphatic heterocycles. The Morgan fingerprint density at radius 1 is 1.06 bits per heavy atom. The summed E-state index contributed by atoms with van der Waals surface area (Å²) in [4.78, 5) is 30.4. The van der Waals surface area contributed by atoms with Gasteiger partial charge in [0.15, 0.2) is 5.96 Å². The quantitative estimate of drug-likeness (QED) is 0.460. The summed E-state index contributed by atoms with van der Waals surface area (Å²) in [5, 5.41) is 9.41. The van der Waals surface area contributed by atoms with Crippen LogP contribution in [-0.4, -0.2) is 55.4 Å². The van der Waals surface area contributed by atoms with Gasteiger partial charge in [-0.3, -0.25) is 9.59 Å². The van der Waals surface area contributed by atoms with E-state index in [1.807, 2.05) is 19.1 Å². The molecule has 1 heterocycles. The molecule has 2 aromatic carbocycles. The van der Waals surface area contributed by atoms with Crippen LogP contribution in [0.5, 0.6) is 0 Å². The van der Waals surface area contributed by atoms with E-state index in [1.54, 1.807) is 17.0 Å². The van der Waals surface area contributed by atoms with Crippen LogP contribution in [0, 0.1) is 13.8 Å². The predicted molar refractivity (Wildman–Crippen MR) is 128 cm³/mol. The standard InChI is InChI=1S/C25H33N5O2/c1-4-26-25(28-10-9-21-14-18(2)13-19(3)15-21)29-16-20-5-7-22(8-6-20)24(32)30-12-11-27-23(31)17-30/h5-8,13-15H,4,9-12,16-17H2,1-3H3,(H,27,31)(H2,26,28,29). The van der Waals surface area contributed by atoms with E-state index in [0.29, 0.717) is 25.2 Å². The van der Waals surface area contributed by atoms with E-state index >= 15 is 0 Å². The summed E-state index contributed by atoms with van der Waals surface area (Å²) in [6.45, 7) is 9.54. The fraction of sp³-hybridized carbons (Fsp3) is 0.400. The lowest BCUT2D eigenvalue weighted by Crippen LogP contribution is -2.49. The number of nitrogens with one attached hydrogen (secondary N) is 3. The number of carbonyl (C=O) groups excluding carboxylic acids is 2. The van der Waals surface area contributed by atoms with Crippen LogP contribution in [0.25, 0.3) is 0 Å². The molecule has 3 N–H and O–H groups in total. The van der Waals surface area contributed by atoms with Gasteiger partial charge in [-0.25, -0.2) is 4.99 Å². The smallest absolute Gasteiger partial charge is 0.254 e. The summed E-state index contributed by atoms with van der Waals surface area (Å²) in [5.41, 5.74) is 5.49. The molecule has 0 bridgehead atoms. The number of hydrogen-bond donors (Lipinski definition) is 3. The van der Waals surface area contributed by atoms with E-state index in [2.05, 4.69) is 53.0 Å². The molecule has 1 saturated heterocycles. The van der Waals surface area contributed by atoms with Crippen LogP contribution in [0.15, 0.2) is 47.5 Å². The molecule has 2 amide bonds. The molecule has 7 nitrogen and oxygen atoms in total. The normalized spacial score (nSPS) is 14.2. The SMILES string of the molecule is CCNC(=NCc1ccc(C(=O)N2CCNC(=O)C2)cc1)NCCc1cc(C)cc(C)c1. The molecule has 0 aliphatic carbocycles. The van der Waals surface area contributed by atoms with Crippen LogP contribution in [-0.2, 0) is 17.8 Å². The molecular weight excluding hydrogens is 402 g/mol. The van der Waals surface area contributed by atoms with Crippen molar-refractivity contribution >= 4 is 17.8 Å². The molecule has 0 unspecified atom stereocenters. The minimum atomic E-state index is -0.115. The van der Waals surface area contributed by atoms with Crippen LogP contribution < -0.4 is 16.0 Å². The van der Waals surface area contributed by atoms with E-state index < -0.39 is 0 Å². The fourth-order valence-electron chi connectivity index (χ4n) is 3.80. The van der Waals surface area contributed by atoms with E-state index in [0.717, 1.165) is 31.0 Å². The highest BCUT2D eigenvalue weighted by Gasteiger charge is 2.22. The number of hydrogen-bond acceptors (Lipinski definition) is 3. The highest BCUT2D eigenvalue weighted by atomic mass is 16.2. The molecule has 0 radical (unpaired) electrons. The number of rotatable bonds is 7. The summed E-state index contributed by atoms with van der Waals surface area (Å²) in [6.07, 6.45) is 0.929. The summed E-state index contributed by atoms with van der Waals surface area (Å²) in [5.74, 6) is 0.546. The lowest BCUT2D eigenvalue weighted by atomic mass is 10.1. The van der Waals surface area contributed by atoms with Gasteiger partial charge in [0.1, 0.15) is 0 Å². The number of piperazine rings is 1. The van der Waals surface area contributed by atoms with Gasteiger partial charge in [0, 0.05) is 31.7 Å². The minimum Gasteiger partial charge on any atom is -0.357 e. The molecular formula is C25H33N5O2. The highest BCUT2D eigenvalue weighted by molar-refractivity contribution is 5.97. The van der Waals surface area contributed by atoms with Gasteiger partial charge >= 0.3 is 0 Å². The van der Waals surface area contributed by atoms with Crippen molar-refractivity contribution in [2.24, 2.45) is 4.99 Å². The molecule has 7 heteroatoms. The lowest BCUT2D eigenvalue weighted by molar-refractivity contribution is -0.123. The zero-order chi connectivity index (χ0) is 22.9. The van der Waals surface area contributed by atoms with Crippen molar-refractivity contribution in [3.8, 4) is 0 Å². The Hall–Kier alpha value is -3.35. The number of aryl methyl sites for hydroxylation is 2. The second-order valence-electron chi connectivity index (χ2n) is 8.14. The third kappa shape index (κ3) is 6.83. The lowest BCUT2D eigenvalue weighted by Gasteiger charge is -2.26. The molecule has 0 atom stereocenters. The van der Waals surface area contributed by atoms with Gasteiger partial charge in [0.2, 0.25) is 5.91 Å². The van der Waals surface area contributed by atoms with Crippen molar-refractivity contribution in [2.75, 3.05) is 32.7 Å². The number of benzene rings is 2. The molecule has 3 rings (SSSR count). The molecule has 0 spiro atoms. The molecule has 170 valence electrons. The average Bonchev–Trinajstić information content (AvgIpc) is 2.77. The van der Waals surface area contributed by atoms with Gasteiger partial charge < -0.3 is 20.9 Å². The summed E-state index contributed by atoms with van der Waals surface area (Å²) in [7, 11) is 0. The van der Waals surface area contributed by atoms with Gasteiger partial charge in [-0.15, -0.1) is 0 Å². The van der Waals surface area contributed by atoms with E-state index in [4.69, 9.17) is 0 Å². The molecule has 1 aliphatic rings. The summed E-state index contributed by atoms with van der Waals surface area (Å²) >= 11 is 0. The van der Waals surface area contributed by atoms with Crippen molar-refractivity contribution in [3.63, 3.8) is 0 Å². The van der Waals surface area contributed by atoms with Crippen molar-refractivity contribution in [1.82, 2.24) is 20.9 Å². The fourth-order valence-corrected chi connectivity index (χ4v) is 3.80. The predicted octanol–water partition coefficient (Wildman–Crippen LogP) is 2.17. The number of guanidine groups is 1. The summed E-state index contributed by atoms with van der Waals surface area (Å²) < 4.78 is 0. The first-order chi connectivity index (χ1) is 15.4. The maximum Gasteiger partial charge on any atom is 0.254 e. The van der Waals surface area contributed by atoms with Crippen molar-refractivity contribution in [2.45, 2.75) is 33.7 Å². The molecule has 32 heavy (non-hydrogen) atoms. The van der Waals surface area contributed by atoms with Crippen LogP contribution >= 0.6 is 0 Å². The highest BCUT2D eigenvalue weighted by Crippen LogP contribution is 2.11.